The number of morpholine rings is 1. The Balaban J connectivity index is 1.29. The van der Waals surface area contributed by atoms with Crippen LogP contribution in [0.4, 0.5) is 11.4 Å². The average Bonchev–Trinajstić information content (AvgIpc) is 2.81. The summed E-state index contributed by atoms with van der Waals surface area (Å²) in [6, 6.07) is 15.5. The Bertz CT molecular complexity index is 832. The molecule has 7 nitrogen and oxygen atoms in total. The van der Waals surface area contributed by atoms with Crippen LogP contribution in [0.15, 0.2) is 48.5 Å². The molecule has 30 heavy (non-hydrogen) atoms. The summed E-state index contributed by atoms with van der Waals surface area (Å²) in [6.07, 6.45) is 0. The molecule has 2 aromatic rings. The van der Waals surface area contributed by atoms with E-state index in [4.69, 9.17) is 4.74 Å². The fourth-order valence-electron chi connectivity index (χ4n) is 4.02. The number of amides is 1. The topological polar surface area (TPSA) is 68.3 Å². The predicted molar refractivity (Wildman–Crippen MR) is 118 cm³/mol. The minimum absolute atomic E-state index is 0.0619. The van der Waals surface area contributed by atoms with Crippen LogP contribution in [0.2, 0.25) is 0 Å². The molecule has 7 heteroatoms. The lowest BCUT2D eigenvalue weighted by molar-refractivity contribution is 0.0303. The largest absolute Gasteiger partial charge is 0.508 e. The smallest absolute Gasteiger partial charge is 0.256 e. The van der Waals surface area contributed by atoms with Crippen molar-refractivity contribution in [2.75, 3.05) is 75.8 Å². The highest BCUT2D eigenvalue weighted by molar-refractivity contribution is 6.00. The molecule has 0 radical (unpaired) electrons. The minimum atomic E-state index is -0.0619. The number of phenols is 1. The van der Waals surface area contributed by atoms with Crippen LogP contribution in [0.5, 0.6) is 5.75 Å². The van der Waals surface area contributed by atoms with E-state index in [1.54, 1.807) is 23.1 Å². The summed E-state index contributed by atoms with van der Waals surface area (Å²) in [5.41, 5.74) is 2.57. The van der Waals surface area contributed by atoms with E-state index in [0.29, 0.717) is 31.9 Å². The summed E-state index contributed by atoms with van der Waals surface area (Å²) >= 11 is 0. The number of benzene rings is 2. The third kappa shape index (κ3) is 5.04. The first-order valence-electron chi connectivity index (χ1n) is 10.7. The molecule has 2 heterocycles. The van der Waals surface area contributed by atoms with Crippen LogP contribution >= 0.6 is 0 Å². The first-order valence-corrected chi connectivity index (χ1v) is 10.7. The molecule has 2 aliphatic rings. The van der Waals surface area contributed by atoms with Crippen LogP contribution in [-0.2, 0) is 4.74 Å². The van der Waals surface area contributed by atoms with Gasteiger partial charge in [0.1, 0.15) is 5.75 Å². The molecule has 2 aromatic carbocycles. The maximum Gasteiger partial charge on any atom is 0.256 e. The number of hydrogen-bond acceptors (Lipinski definition) is 6. The number of nitrogens with zero attached hydrogens (tertiary/aromatic N) is 3. The highest BCUT2D eigenvalue weighted by atomic mass is 16.5. The van der Waals surface area contributed by atoms with E-state index in [1.165, 1.54) is 5.69 Å². The molecule has 0 atom stereocenters. The molecule has 0 spiro atoms. The normalized spacial score (nSPS) is 17.7. The molecule has 1 amide bonds. The highest BCUT2D eigenvalue weighted by Crippen LogP contribution is 2.23. The number of ether oxygens (including phenoxy) is 1. The van der Waals surface area contributed by atoms with Crippen molar-refractivity contribution in [2.45, 2.75) is 0 Å². The Kier molecular flexibility index (Phi) is 6.71. The van der Waals surface area contributed by atoms with E-state index in [-0.39, 0.29) is 11.7 Å². The van der Waals surface area contributed by atoms with Gasteiger partial charge in [-0.2, -0.15) is 0 Å². The van der Waals surface area contributed by atoms with Crippen LogP contribution < -0.4 is 10.2 Å². The molecule has 160 valence electrons. The van der Waals surface area contributed by atoms with E-state index in [2.05, 4.69) is 39.4 Å². The Morgan fingerprint density at radius 1 is 0.967 bits per heavy atom. The second-order valence-corrected chi connectivity index (χ2v) is 7.73. The molecule has 0 unspecified atom stereocenters. The van der Waals surface area contributed by atoms with E-state index >= 15 is 0 Å². The van der Waals surface area contributed by atoms with Crippen molar-refractivity contribution in [1.29, 1.82) is 0 Å². The van der Waals surface area contributed by atoms with Gasteiger partial charge in [-0.15, -0.1) is 0 Å². The molecule has 0 saturated carbocycles. The Labute approximate surface area is 177 Å². The van der Waals surface area contributed by atoms with Crippen molar-refractivity contribution in [3.05, 3.63) is 54.1 Å². The van der Waals surface area contributed by atoms with Crippen LogP contribution in [0.1, 0.15) is 10.4 Å². The average molecular weight is 411 g/mol. The quantitative estimate of drug-likeness (QED) is 0.711. The van der Waals surface area contributed by atoms with Gasteiger partial charge in [-0.3, -0.25) is 9.69 Å². The van der Waals surface area contributed by atoms with Gasteiger partial charge in [0.25, 0.3) is 5.91 Å². The molecule has 2 fully saturated rings. The summed E-state index contributed by atoms with van der Waals surface area (Å²) in [5.74, 6) is 0.0439. The molecule has 0 aromatic heterocycles. The number of nitrogens with one attached hydrogen (secondary N) is 1. The lowest BCUT2D eigenvalue weighted by atomic mass is 10.1. The first-order chi connectivity index (χ1) is 14.7. The number of piperazine rings is 1. The maximum absolute atomic E-state index is 12.9. The third-order valence-electron chi connectivity index (χ3n) is 5.77. The van der Waals surface area contributed by atoms with Crippen molar-refractivity contribution in [3.63, 3.8) is 0 Å². The Morgan fingerprint density at radius 2 is 1.70 bits per heavy atom. The standard InChI is InChI=1S/C23H30N4O3/c28-20-6-7-22(21(18-20)23(29)27-14-16-30-17-15-27)24-8-9-25-10-12-26(13-11-25)19-4-2-1-3-5-19/h1-7,18,24,28H,8-17H2. The number of anilines is 2. The van der Waals surface area contributed by atoms with Gasteiger partial charge in [-0.1, -0.05) is 18.2 Å². The van der Waals surface area contributed by atoms with E-state index in [1.807, 2.05) is 6.07 Å². The summed E-state index contributed by atoms with van der Waals surface area (Å²) in [4.78, 5) is 19.6. The molecule has 2 saturated heterocycles. The number of carbonyl (C=O) groups is 1. The minimum Gasteiger partial charge on any atom is -0.508 e. The van der Waals surface area contributed by atoms with Crippen molar-refractivity contribution in [1.82, 2.24) is 9.80 Å². The van der Waals surface area contributed by atoms with Gasteiger partial charge in [-0.05, 0) is 30.3 Å². The van der Waals surface area contributed by atoms with E-state index in [0.717, 1.165) is 45.0 Å². The number of para-hydroxylation sites is 1. The van der Waals surface area contributed by atoms with Crippen molar-refractivity contribution in [3.8, 4) is 5.75 Å². The number of aromatic hydroxyl groups is 1. The van der Waals surface area contributed by atoms with Crippen LogP contribution in [0.3, 0.4) is 0 Å². The summed E-state index contributed by atoms with van der Waals surface area (Å²) < 4.78 is 5.34. The van der Waals surface area contributed by atoms with Crippen molar-refractivity contribution in [2.24, 2.45) is 0 Å². The second kappa shape index (κ2) is 9.82. The van der Waals surface area contributed by atoms with E-state index in [9.17, 15) is 9.90 Å². The Morgan fingerprint density at radius 3 is 2.43 bits per heavy atom. The monoisotopic (exact) mass is 410 g/mol. The highest BCUT2D eigenvalue weighted by Gasteiger charge is 2.22. The maximum atomic E-state index is 12.9. The van der Waals surface area contributed by atoms with Gasteiger partial charge in [-0.25, -0.2) is 0 Å². The van der Waals surface area contributed by atoms with Gasteiger partial charge in [0.2, 0.25) is 0 Å². The second-order valence-electron chi connectivity index (χ2n) is 7.73. The van der Waals surface area contributed by atoms with Gasteiger partial charge >= 0.3 is 0 Å². The van der Waals surface area contributed by atoms with Crippen LogP contribution in [0, 0.1) is 0 Å². The molecular formula is C23H30N4O3. The number of hydrogen-bond donors (Lipinski definition) is 2. The lowest BCUT2D eigenvalue weighted by Gasteiger charge is -2.36. The molecule has 0 aliphatic carbocycles. The summed E-state index contributed by atoms with van der Waals surface area (Å²) in [5, 5.41) is 13.3. The fourth-order valence-corrected chi connectivity index (χ4v) is 4.02. The summed E-state index contributed by atoms with van der Waals surface area (Å²) in [7, 11) is 0. The van der Waals surface area contributed by atoms with Gasteiger partial charge < -0.3 is 25.0 Å². The van der Waals surface area contributed by atoms with Gasteiger partial charge in [0, 0.05) is 63.7 Å². The van der Waals surface area contributed by atoms with Crippen LogP contribution in [0.25, 0.3) is 0 Å². The predicted octanol–water partition coefficient (Wildman–Crippen LogP) is 2.10. The first kappa shape index (κ1) is 20.5. The number of phenolic OH excluding ortho intramolecular Hbond substituents is 1. The van der Waals surface area contributed by atoms with Gasteiger partial charge in [0.05, 0.1) is 18.8 Å². The Hall–Kier alpha value is -2.77. The molecule has 0 bridgehead atoms. The zero-order chi connectivity index (χ0) is 20.8. The number of rotatable bonds is 6. The molecular weight excluding hydrogens is 380 g/mol. The SMILES string of the molecule is O=C(c1cc(O)ccc1NCCN1CCN(c2ccccc2)CC1)N1CCOCC1. The summed E-state index contributed by atoms with van der Waals surface area (Å²) in [6.45, 7) is 8.02. The molecule has 4 rings (SSSR count). The number of carbonyl (C=O) groups excluding carboxylic acids is 1. The molecule has 2 aliphatic heterocycles. The third-order valence-corrected chi connectivity index (χ3v) is 5.77. The fraction of sp³-hybridized carbons (Fsp3) is 0.435. The van der Waals surface area contributed by atoms with Crippen molar-refractivity contribution >= 4 is 17.3 Å². The zero-order valence-corrected chi connectivity index (χ0v) is 17.3. The zero-order valence-electron chi connectivity index (χ0n) is 17.3. The van der Waals surface area contributed by atoms with Crippen LogP contribution in [-0.4, -0.2) is 86.4 Å². The van der Waals surface area contributed by atoms with Crippen molar-refractivity contribution < 1.29 is 14.6 Å². The van der Waals surface area contributed by atoms with E-state index < -0.39 is 0 Å². The van der Waals surface area contributed by atoms with Gasteiger partial charge in [0.15, 0.2) is 0 Å². The molecule has 2 N–H and O–H groups in total. The lowest BCUT2D eigenvalue weighted by Crippen LogP contribution is -2.47.